The summed E-state index contributed by atoms with van der Waals surface area (Å²) in [7, 11) is 0. The van der Waals surface area contributed by atoms with Crippen molar-refractivity contribution in [3.63, 3.8) is 0 Å². The van der Waals surface area contributed by atoms with Crippen molar-refractivity contribution in [2.45, 2.75) is 65.2 Å². The van der Waals surface area contributed by atoms with Crippen LogP contribution in [0.5, 0.6) is 0 Å². The zero-order valence-corrected chi connectivity index (χ0v) is 17.1. The standard InChI is InChI=1S/C22H32N2O4/c1-3-4-5-6-7-8-11-18-15-21(27)23(22(18)28)14-9-10-17(2)16-24-19(25)12-13-20(24)26/h8,11-13,17-18H,3-7,9-10,14-16H2,1-2H3/b11-8+. The van der Waals surface area contributed by atoms with Gasteiger partial charge in [-0.3, -0.25) is 29.0 Å². The summed E-state index contributed by atoms with van der Waals surface area (Å²) >= 11 is 0. The maximum atomic E-state index is 12.5. The highest BCUT2D eigenvalue weighted by Gasteiger charge is 2.36. The summed E-state index contributed by atoms with van der Waals surface area (Å²) in [5.41, 5.74) is 0. The van der Waals surface area contributed by atoms with Crippen LogP contribution >= 0.6 is 0 Å². The van der Waals surface area contributed by atoms with E-state index in [1.807, 2.05) is 19.1 Å². The number of carbonyl (C=O) groups excluding carboxylic acids is 4. The number of allylic oxidation sites excluding steroid dienone is 1. The van der Waals surface area contributed by atoms with Crippen molar-refractivity contribution in [2.75, 3.05) is 13.1 Å². The number of nitrogens with zero attached hydrogens (tertiary/aromatic N) is 2. The lowest BCUT2D eigenvalue weighted by atomic mass is 10.0. The molecule has 2 heterocycles. The van der Waals surface area contributed by atoms with Gasteiger partial charge in [-0.25, -0.2) is 0 Å². The average Bonchev–Trinajstić information content (AvgIpc) is 3.11. The Morgan fingerprint density at radius 3 is 2.43 bits per heavy atom. The van der Waals surface area contributed by atoms with Crippen molar-refractivity contribution in [3.8, 4) is 0 Å². The third-order valence-electron chi connectivity index (χ3n) is 5.34. The molecule has 1 fully saturated rings. The summed E-state index contributed by atoms with van der Waals surface area (Å²) in [6, 6.07) is 0. The van der Waals surface area contributed by atoms with Crippen LogP contribution in [0.25, 0.3) is 0 Å². The Morgan fingerprint density at radius 2 is 1.75 bits per heavy atom. The van der Waals surface area contributed by atoms with Gasteiger partial charge in [-0.15, -0.1) is 0 Å². The van der Waals surface area contributed by atoms with E-state index in [0.717, 1.165) is 19.3 Å². The molecule has 4 amide bonds. The lowest BCUT2D eigenvalue weighted by Gasteiger charge is -2.20. The zero-order chi connectivity index (χ0) is 20.5. The molecule has 2 atom stereocenters. The SMILES string of the molecule is CCCCCC/C=C/C1CC(=O)N(CCCC(C)CN2C(=O)C=CC2=O)C1=O. The van der Waals surface area contributed by atoms with Crippen LogP contribution < -0.4 is 0 Å². The maximum absolute atomic E-state index is 12.5. The van der Waals surface area contributed by atoms with Crippen molar-refractivity contribution >= 4 is 23.6 Å². The molecular formula is C22H32N2O4. The molecule has 6 nitrogen and oxygen atoms in total. The van der Waals surface area contributed by atoms with Crippen molar-refractivity contribution in [2.24, 2.45) is 11.8 Å². The normalized spacial score (nSPS) is 21.0. The molecule has 0 aliphatic carbocycles. The van der Waals surface area contributed by atoms with Gasteiger partial charge in [-0.1, -0.05) is 45.3 Å². The van der Waals surface area contributed by atoms with E-state index >= 15 is 0 Å². The lowest BCUT2D eigenvalue weighted by molar-refractivity contribution is -0.139. The van der Waals surface area contributed by atoms with E-state index in [4.69, 9.17) is 0 Å². The molecule has 0 N–H and O–H groups in total. The Balaban J connectivity index is 1.70. The first-order chi connectivity index (χ1) is 13.4. The summed E-state index contributed by atoms with van der Waals surface area (Å²) in [5.74, 6) is -0.942. The van der Waals surface area contributed by atoms with Crippen LogP contribution in [0.2, 0.25) is 0 Å². The maximum Gasteiger partial charge on any atom is 0.253 e. The highest BCUT2D eigenvalue weighted by atomic mass is 16.2. The average molecular weight is 389 g/mol. The summed E-state index contributed by atoms with van der Waals surface area (Å²) in [6.45, 7) is 4.92. The molecule has 28 heavy (non-hydrogen) atoms. The van der Waals surface area contributed by atoms with Gasteiger partial charge >= 0.3 is 0 Å². The van der Waals surface area contributed by atoms with E-state index in [1.165, 1.54) is 41.2 Å². The number of imide groups is 2. The molecule has 0 aromatic carbocycles. The molecule has 0 aromatic heterocycles. The molecule has 0 bridgehead atoms. The fourth-order valence-electron chi connectivity index (χ4n) is 3.66. The molecule has 1 saturated heterocycles. The van der Waals surface area contributed by atoms with Gasteiger partial charge in [-0.05, 0) is 31.6 Å². The van der Waals surface area contributed by atoms with Gasteiger partial charge < -0.3 is 0 Å². The second-order valence-electron chi connectivity index (χ2n) is 7.84. The van der Waals surface area contributed by atoms with Gasteiger partial charge in [0.25, 0.3) is 11.8 Å². The predicted molar refractivity (Wildman–Crippen MR) is 107 cm³/mol. The second kappa shape index (κ2) is 10.9. The Kier molecular flexibility index (Phi) is 8.61. The Morgan fingerprint density at radius 1 is 1.04 bits per heavy atom. The molecule has 2 aliphatic rings. The first-order valence-electron chi connectivity index (χ1n) is 10.5. The molecule has 154 valence electrons. The Labute approximate surface area is 167 Å². The summed E-state index contributed by atoms with van der Waals surface area (Å²) in [4.78, 5) is 50.4. The van der Waals surface area contributed by atoms with Crippen LogP contribution in [-0.2, 0) is 19.2 Å². The van der Waals surface area contributed by atoms with E-state index in [0.29, 0.717) is 19.5 Å². The molecule has 2 rings (SSSR count). The minimum atomic E-state index is -0.318. The molecule has 2 unspecified atom stereocenters. The van der Waals surface area contributed by atoms with Gasteiger partial charge in [0.2, 0.25) is 11.8 Å². The molecule has 0 aromatic rings. The van der Waals surface area contributed by atoms with E-state index < -0.39 is 0 Å². The quantitative estimate of drug-likeness (QED) is 0.292. The van der Waals surface area contributed by atoms with Crippen LogP contribution in [-0.4, -0.2) is 46.5 Å². The van der Waals surface area contributed by atoms with Crippen LogP contribution in [0.15, 0.2) is 24.3 Å². The second-order valence-corrected chi connectivity index (χ2v) is 7.84. The first-order valence-corrected chi connectivity index (χ1v) is 10.5. The Bertz CT molecular complexity index is 635. The van der Waals surface area contributed by atoms with Gasteiger partial charge in [0.1, 0.15) is 0 Å². The Hall–Kier alpha value is -2.24. The van der Waals surface area contributed by atoms with Crippen LogP contribution in [0.1, 0.15) is 65.2 Å². The van der Waals surface area contributed by atoms with Gasteiger partial charge in [0.15, 0.2) is 0 Å². The van der Waals surface area contributed by atoms with Crippen molar-refractivity contribution in [1.29, 1.82) is 0 Å². The van der Waals surface area contributed by atoms with Gasteiger partial charge in [-0.2, -0.15) is 0 Å². The molecule has 0 radical (unpaired) electrons. The van der Waals surface area contributed by atoms with E-state index in [9.17, 15) is 19.2 Å². The lowest BCUT2D eigenvalue weighted by Crippen LogP contribution is -2.35. The number of unbranched alkanes of at least 4 members (excludes halogenated alkanes) is 4. The largest absolute Gasteiger partial charge is 0.282 e. The van der Waals surface area contributed by atoms with Crippen LogP contribution in [0.4, 0.5) is 0 Å². The minimum Gasteiger partial charge on any atom is -0.282 e. The first kappa shape index (κ1) is 22.1. The number of rotatable bonds is 12. The molecular weight excluding hydrogens is 356 g/mol. The van der Waals surface area contributed by atoms with Crippen molar-refractivity contribution in [1.82, 2.24) is 9.80 Å². The van der Waals surface area contributed by atoms with Crippen LogP contribution in [0.3, 0.4) is 0 Å². The fraction of sp³-hybridized carbons (Fsp3) is 0.636. The number of amides is 4. The minimum absolute atomic E-state index is 0.100. The highest BCUT2D eigenvalue weighted by molar-refractivity contribution is 6.12. The highest BCUT2D eigenvalue weighted by Crippen LogP contribution is 2.22. The fourth-order valence-corrected chi connectivity index (χ4v) is 3.66. The van der Waals surface area contributed by atoms with E-state index in [2.05, 4.69) is 6.92 Å². The third-order valence-corrected chi connectivity index (χ3v) is 5.34. The molecule has 0 saturated carbocycles. The predicted octanol–water partition coefficient (Wildman–Crippen LogP) is 3.23. The summed E-state index contributed by atoms with van der Waals surface area (Å²) in [5, 5.41) is 0. The topological polar surface area (TPSA) is 74.8 Å². The number of carbonyl (C=O) groups is 4. The van der Waals surface area contributed by atoms with Crippen LogP contribution in [0, 0.1) is 11.8 Å². The van der Waals surface area contributed by atoms with E-state index in [1.54, 1.807) is 0 Å². The number of hydrogen-bond donors (Lipinski definition) is 0. The van der Waals surface area contributed by atoms with Crippen molar-refractivity contribution < 1.29 is 19.2 Å². The third kappa shape index (κ3) is 6.14. The molecule has 0 spiro atoms. The summed E-state index contributed by atoms with van der Waals surface area (Å²) in [6.07, 6.45) is 13.9. The summed E-state index contributed by atoms with van der Waals surface area (Å²) < 4.78 is 0. The number of likely N-dealkylation sites (tertiary alicyclic amines) is 1. The monoisotopic (exact) mass is 388 g/mol. The molecule has 6 heteroatoms. The molecule has 2 aliphatic heterocycles. The van der Waals surface area contributed by atoms with Crippen molar-refractivity contribution in [3.05, 3.63) is 24.3 Å². The number of hydrogen-bond acceptors (Lipinski definition) is 4. The van der Waals surface area contributed by atoms with Gasteiger partial charge in [0, 0.05) is 31.7 Å². The zero-order valence-electron chi connectivity index (χ0n) is 17.1. The smallest absolute Gasteiger partial charge is 0.253 e. The van der Waals surface area contributed by atoms with E-state index in [-0.39, 0.29) is 41.9 Å². The van der Waals surface area contributed by atoms with Gasteiger partial charge in [0.05, 0.1) is 5.92 Å².